The second-order valence-electron chi connectivity index (χ2n) is 6.18. The first-order chi connectivity index (χ1) is 9.99. The van der Waals surface area contributed by atoms with Crippen LogP contribution in [0.15, 0.2) is 29.2 Å². The summed E-state index contributed by atoms with van der Waals surface area (Å²) in [7, 11) is 0. The Morgan fingerprint density at radius 1 is 1.32 bits per heavy atom. The van der Waals surface area contributed by atoms with Crippen molar-refractivity contribution in [3.05, 3.63) is 29.8 Å². The summed E-state index contributed by atoms with van der Waals surface area (Å²) >= 11 is 1.75. The Morgan fingerprint density at radius 3 is 2.64 bits per heavy atom. The van der Waals surface area contributed by atoms with E-state index in [2.05, 4.69) is 13.8 Å². The van der Waals surface area contributed by atoms with Crippen LogP contribution in [0, 0.1) is 5.92 Å². The molecule has 1 aliphatic heterocycles. The predicted molar refractivity (Wildman–Crippen MR) is 97.0 cm³/mol. The zero-order chi connectivity index (χ0) is 15.4. The summed E-state index contributed by atoms with van der Waals surface area (Å²) in [4.78, 5) is 15.9. The number of amides is 1. The zero-order valence-electron chi connectivity index (χ0n) is 13.6. The number of likely N-dealkylation sites (tertiary alicyclic amines) is 1. The third-order valence-electron chi connectivity index (χ3n) is 3.97. The van der Waals surface area contributed by atoms with E-state index in [-0.39, 0.29) is 24.4 Å². The van der Waals surface area contributed by atoms with Crippen LogP contribution in [-0.2, 0) is 0 Å². The summed E-state index contributed by atoms with van der Waals surface area (Å²) < 4.78 is 0. The molecule has 2 rings (SSSR count). The fraction of sp³-hybridized carbons (Fsp3) is 0.588. The van der Waals surface area contributed by atoms with Crippen LogP contribution < -0.4 is 5.73 Å². The molecule has 0 saturated carbocycles. The predicted octanol–water partition coefficient (Wildman–Crippen LogP) is 3.81. The number of piperidine rings is 1. The van der Waals surface area contributed by atoms with Crippen LogP contribution in [0.25, 0.3) is 0 Å². The van der Waals surface area contributed by atoms with E-state index in [1.165, 1.54) is 0 Å². The molecule has 2 N–H and O–H groups in total. The van der Waals surface area contributed by atoms with E-state index in [4.69, 9.17) is 5.73 Å². The Morgan fingerprint density at radius 2 is 2.00 bits per heavy atom. The first-order valence-corrected chi connectivity index (χ1v) is 8.67. The SMILES string of the molecule is CC(C)Sc1ccccc1C(=O)N1CCCC(C(C)N)C1.Cl. The number of benzene rings is 1. The van der Waals surface area contributed by atoms with Crippen molar-refractivity contribution in [1.82, 2.24) is 4.90 Å². The number of carbonyl (C=O) groups excluding carboxylic acids is 1. The van der Waals surface area contributed by atoms with Gasteiger partial charge in [-0.05, 0) is 37.8 Å². The van der Waals surface area contributed by atoms with Crippen molar-refractivity contribution in [3.8, 4) is 0 Å². The summed E-state index contributed by atoms with van der Waals surface area (Å²) in [6, 6.07) is 8.10. The van der Waals surface area contributed by atoms with Crippen molar-refractivity contribution in [1.29, 1.82) is 0 Å². The monoisotopic (exact) mass is 342 g/mol. The molecule has 2 atom stereocenters. The van der Waals surface area contributed by atoms with Crippen LogP contribution in [0.2, 0.25) is 0 Å². The molecule has 1 fully saturated rings. The molecule has 0 radical (unpaired) electrons. The van der Waals surface area contributed by atoms with Gasteiger partial charge in [0.2, 0.25) is 0 Å². The van der Waals surface area contributed by atoms with Gasteiger partial charge in [0, 0.05) is 29.3 Å². The van der Waals surface area contributed by atoms with Crippen LogP contribution in [0.5, 0.6) is 0 Å². The Hall–Kier alpha value is -0.710. The highest BCUT2D eigenvalue weighted by Crippen LogP contribution is 2.29. The van der Waals surface area contributed by atoms with E-state index >= 15 is 0 Å². The number of thioether (sulfide) groups is 1. The van der Waals surface area contributed by atoms with E-state index in [9.17, 15) is 4.79 Å². The summed E-state index contributed by atoms with van der Waals surface area (Å²) in [5.74, 6) is 0.580. The molecule has 3 nitrogen and oxygen atoms in total. The van der Waals surface area contributed by atoms with E-state index in [0.29, 0.717) is 11.2 Å². The van der Waals surface area contributed by atoms with Gasteiger partial charge >= 0.3 is 0 Å². The minimum atomic E-state index is 0. The summed E-state index contributed by atoms with van der Waals surface area (Å²) in [5.41, 5.74) is 6.86. The lowest BCUT2D eigenvalue weighted by Gasteiger charge is -2.35. The molecular formula is C17H27ClN2OS. The molecule has 1 aromatic carbocycles. The molecule has 1 aliphatic rings. The molecule has 1 heterocycles. The largest absolute Gasteiger partial charge is 0.338 e. The average molecular weight is 343 g/mol. The third-order valence-corrected chi connectivity index (χ3v) is 5.05. The molecule has 0 aliphatic carbocycles. The molecule has 2 unspecified atom stereocenters. The van der Waals surface area contributed by atoms with Gasteiger partial charge in [0.1, 0.15) is 0 Å². The lowest BCUT2D eigenvalue weighted by atomic mass is 9.92. The molecule has 1 amide bonds. The second-order valence-corrected chi connectivity index (χ2v) is 7.79. The van der Waals surface area contributed by atoms with Gasteiger partial charge in [-0.3, -0.25) is 4.79 Å². The quantitative estimate of drug-likeness (QED) is 0.846. The van der Waals surface area contributed by atoms with Crippen LogP contribution in [-0.4, -0.2) is 35.2 Å². The van der Waals surface area contributed by atoms with Gasteiger partial charge in [-0.15, -0.1) is 24.2 Å². The standard InChI is InChI=1S/C17H26N2OS.ClH/c1-12(2)21-16-9-5-4-8-15(16)17(20)19-10-6-7-14(11-19)13(3)18;/h4-5,8-9,12-14H,6-7,10-11,18H2,1-3H3;1H. The Labute approximate surface area is 144 Å². The Bertz CT molecular complexity index is 493. The number of nitrogens with zero attached hydrogens (tertiary/aromatic N) is 1. The van der Waals surface area contributed by atoms with E-state index in [0.717, 1.165) is 36.4 Å². The maximum absolute atomic E-state index is 12.8. The lowest BCUT2D eigenvalue weighted by Crippen LogP contribution is -2.45. The minimum absolute atomic E-state index is 0. The maximum atomic E-state index is 12.8. The van der Waals surface area contributed by atoms with Crippen molar-refractivity contribution in [3.63, 3.8) is 0 Å². The number of rotatable bonds is 4. The van der Waals surface area contributed by atoms with Gasteiger partial charge in [-0.2, -0.15) is 0 Å². The minimum Gasteiger partial charge on any atom is -0.338 e. The smallest absolute Gasteiger partial charge is 0.254 e. The number of hydrogen-bond acceptors (Lipinski definition) is 3. The van der Waals surface area contributed by atoms with E-state index < -0.39 is 0 Å². The fourth-order valence-corrected chi connectivity index (χ4v) is 3.74. The van der Waals surface area contributed by atoms with Gasteiger partial charge in [0.25, 0.3) is 5.91 Å². The first-order valence-electron chi connectivity index (χ1n) is 7.79. The molecule has 0 spiro atoms. The average Bonchev–Trinajstić information content (AvgIpc) is 2.46. The second kappa shape index (κ2) is 8.80. The van der Waals surface area contributed by atoms with E-state index in [1.807, 2.05) is 36.1 Å². The molecule has 0 aromatic heterocycles. The van der Waals surface area contributed by atoms with Crippen molar-refractivity contribution >= 4 is 30.1 Å². The highest BCUT2D eigenvalue weighted by Gasteiger charge is 2.27. The van der Waals surface area contributed by atoms with Crippen molar-refractivity contribution in [2.24, 2.45) is 11.7 Å². The van der Waals surface area contributed by atoms with Crippen molar-refractivity contribution in [2.75, 3.05) is 13.1 Å². The van der Waals surface area contributed by atoms with Gasteiger partial charge in [-0.1, -0.05) is 26.0 Å². The molecule has 1 saturated heterocycles. The summed E-state index contributed by atoms with van der Waals surface area (Å²) in [6.07, 6.45) is 2.18. The molecule has 0 bridgehead atoms. The molecular weight excluding hydrogens is 316 g/mol. The first kappa shape index (κ1) is 19.3. The van der Waals surface area contributed by atoms with Crippen LogP contribution in [0.1, 0.15) is 44.0 Å². The number of carbonyl (C=O) groups is 1. The van der Waals surface area contributed by atoms with Crippen LogP contribution >= 0.6 is 24.2 Å². The fourth-order valence-electron chi connectivity index (χ4n) is 2.79. The number of nitrogens with two attached hydrogens (primary N) is 1. The lowest BCUT2D eigenvalue weighted by molar-refractivity contribution is 0.0657. The van der Waals surface area contributed by atoms with Gasteiger partial charge < -0.3 is 10.6 Å². The normalized spacial score (nSPS) is 19.7. The topological polar surface area (TPSA) is 46.3 Å². The highest BCUT2D eigenvalue weighted by molar-refractivity contribution is 8.00. The van der Waals surface area contributed by atoms with E-state index in [1.54, 1.807) is 11.8 Å². The zero-order valence-corrected chi connectivity index (χ0v) is 15.3. The van der Waals surface area contributed by atoms with Crippen LogP contribution in [0.4, 0.5) is 0 Å². The number of hydrogen-bond donors (Lipinski definition) is 1. The van der Waals surface area contributed by atoms with Gasteiger partial charge in [-0.25, -0.2) is 0 Å². The van der Waals surface area contributed by atoms with Crippen LogP contribution in [0.3, 0.4) is 0 Å². The van der Waals surface area contributed by atoms with Gasteiger partial charge in [0.05, 0.1) is 5.56 Å². The molecule has 124 valence electrons. The maximum Gasteiger partial charge on any atom is 0.254 e. The highest BCUT2D eigenvalue weighted by atomic mass is 35.5. The third kappa shape index (κ3) is 4.90. The van der Waals surface area contributed by atoms with Crippen molar-refractivity contribution in [2.45, 2.75) is 49.8 Å². The number of halogens is 1. The Balaban J connectivity index is 0.00000242. The molecule has 1 aromatic rings. The molecule has 5 heteroatoms. The summed E-state index contributed by atoms with van der Waals surface area (Å²) in [6.45, 7) is 7.99. The molecule has 22 heavy (non-hydrogen) atoms. The van der Waals surface area contributed by atoms with Gasteiger partial charge in [0.15, 0.2) is 0 Å². The van der Waals surface area contributed by atoms with Crippen molar-refractivity contribution < 1.29 is 4.79 Å². The summed E-state index contributed by atoms with van der Waals surface area (Å²) in [5, 5.41) is 0.470. The Kier molecular flexibility index (Phi) is 7.74.